The molecule has 5 nitrogen and oxygen atoms in total. The Morgan fingerprint density at radius 2 is 2.33 bits per heavy atom. The maximum Gasteiger partial charge on any atom is 0.247 e. The van der Waals surface area contributed by atoms with E-state index in [0.29, 0.717) is 23.5 Å². The standard InChI is InChI=1S/C13H21BrN2O3S2/c1-3-4-15-8-11-7-12(13(14)19-11)21(17,18)16-5-6-20-9-10(16)2/h7,10,15H,3-6,8-9H2,1-2H3. The van der Waals surface area contributed by atoms with Gasteiger partial charge in [-0.15, -0.1) is 0 Å². The Bertz CT molecular complexity index is 574. The van der Waals surface area contributed by atoms with Crippen molar-refractivity contribution >= 4 is 37.7 Å². The Labute approximate surface area is 139 Å². The van der Waals surface area contributed by atoms with Crippen LogP contribution in [0.3, 0.4) is 0 Å². The zero-order valence-electron chi connectivity index (χ0n) is 12.3. The number of hydrogen-bond donors (Lipinski definition) is 1. The SMILES string of the molecule is CCCNCc1cc(S(=O)(=O)N2CCSCC2C)c(Br)o1. The fourth-order valence-electron chi connectivity index (χ4n) is 2.24. The van der Waals surface area contributed by atoms with Gasteiger partial charge in [0.1, 0.15) is 10.7 Å². The van der Waals surface area contributed by atoms with E-state index in [-0.39, 0.29) is 10.9 Å². The number of halogens is 1. The lowest BCUT2D eigenvalue weighted by molar-refractivity contribution is 0.366. The first-order valence-corrected chi connectivity index (χ1v) is 10.4. The van der Waals surface area contributed by atoms with Crippen LogP contribution < -0.4 is 5.32 Å². The smallest absolute Gasteiger partial charge is 0.247 e. The van der Waals surface area contributed by atoms with E-state index < -0.39 is 10.0 Å². The summed E-state index contributed by atoms with van der Waals surface area (Å²) in [6.45, 7) is 5.99. The van der Waals surface area contributed by atoms with Crippen LogP contribution in [0.1, 0.15) is 26.0 Å². The van der Waals surface area contributed by atoms with Crippen molar-refractivity contribution in [3.05, 3.63) is 16.5 Å². The third-order valence-electron chi connectivity index (χ3n) is 3.33. The summed E-state index contributed by atoms with van der Waals surface area (Å²) in [5.41, 5.74) is 0. The van der Waals surface area contributed by atoms with Gasteiger partial charge in [0.05, 0.1) is 6.54 Å². The minimum atomic E-state index is -3.50. The Morgan fingerprint density at radius 1 is 1.57 bits per heavy atom. The third-order valence-corrected chi connectivity index (χ3v) is 7.39. The van der Waals surface area contributed by atoms with Gasteiger partial charge in [-0.1, -0.05) is 6.92 Å². The molecule has 1 aromatic rings. The highest BCUT2D eigenvalue weighted by molar-refractivity contribution is 9.10. The molecule has 1 fully saturated rings. The van der Waals surface area contributed by atoms with Gasteiger partial charge in [-0.05, 0) is 35.8 Å². The lowest BCUT2D eigenvalue weighted by Gasteiger charge is -2.31. The molecule has 1 aliphatic rings. The fourth-order valence-corrected chi connectivity index (χ4v) is 6.06. The first-order valence-electron chi connectivity index (χ1n) is 7.05. The molecule has 1 unspecified atom stereocenters. The lowest BCUT2D eigenvalue weighted by atomic mass is 10.4. The summed E-state index contributed by atoms with van der Waals surface area (Å²) in [5.74, 6) is 2.30. The second-order valence-electron chi connectivity index (χ2n) is 5.07. The number of sulfonamides is 1. The molecule has 1 aromatic heterocycles. The number of nitrogens with one attached hydrogen (secondary N) is 1. The van der Waals surface area contributed by atoms with E-state index in [9.17, 15) is 8.42 Å². The molecule has 1 aliphatic heterocycles. The predicted molar refractivity (Wildman–Crippen MR) is 89.1 cm³/mol. The maximum absolute atomic E-state index is 12.8. The molecule has 120 valence electrons. The van der Waals surface area contributed by atoms with Crippen molar-refractivity contribution in [1.29, 1.82) is 0 Å². The Hall–Kier alpha value is -0.0200. The predicted octanol–water partition coefficient (Wildman–Crippen LogP) is 2.67. The molecule has 8 heteroatoms. The molecule has 2 rings (SSSR count). The molecule has 1 saturated heterocycles. The number of thioether (sulfide) groups is 1. The van der Waals surface area contributed by atoms with Crippen LogP contribution in [-0.4, -0.2) is 43.4 Å². The van der Waals surface area contributed by atoms with E-state index in [1.165, 1.54) is 0 Å². The van der Waals surface area contributed by atoms with Gasteiger partial charge in [0.15, 0.2) is 4.67 Å². The quantitative estimate of drug-likeness (QED) is 0.748. The monoisotopic (exact) mass is 396 g/mol. The van der Waals surface area contributed by atoms with Crippen molar-refractivity contribution in [2.24, 2.45) is 0 Å². The maximum atomic E-state index is 12.8. The summed E-state index contributed by atoms with van der Waals surface area (Å²) in [6, 6.07) is 1.63. The van der Waals surface area contributed by atoms with Gasteiger partial charge in [-0.3, -0.25) is 0 Å². The molecule has 0 saturated carbocycles. The summed E-state index contributed by atoms with van der Waals surface area (Å²) >= 11 is 5.03. The summed E-state index contributed by atoms with van der Waals surface area (Å²) in [7, 11) is -3.50. The van der Waals surface area contributed by atoms with E-state index >= 15 is 0 Å². The minimum Gasteiger partial charge on any atom is -0.452 e. The molecule has 21 heavy (non-hydrogen) atoms. The van der Waals surface area contributed by atoms with Crippen molar-refractivity contribution in [2.45, 2.75) is 37.8 Å². The van der Waals surface area contributed by atoms with Gasteiger partial charge in [0.2, 0.25) is 10.0 Å². The lowest BCUT2D eigenvalue weighted by Crippen LogP contribution is -2.44. The molecule has 0 bridgehead atoms. The van der Waals surface area contributed by atoms with Crippen molar-refractivity contribution in [1.82, 2.24) is 9.62 Å². The zero-order valence-corrected chi connectivity index (χ0v) is 15.5. The van der Waals surface area contributed by atoms with Gasteiger partial charge in [0, 0.05) is 30.2 Å². The molecule has 0 spiro atoms. The molecular weight excluding hydrogens is 376 g/mol. The summed E-state index contributed by atoms with van der Waals surface area (Å²) in [6.07, 6.45) is 1.02. The van der Waals surface area contributed by atoms with Gasteiger partial charge in [0.25, 0.3) is 0 Å². The van der Waals surface area contributed by atoms with E-state index in [0.717, 1.165) is 24.5 Å². The zero-order chi connectivity index (χ0) is 15.5. The molecule has 0 radical (unpaired) electrons. The second kappa shape index (κ2) is 7.50. The number of furan rings is 1. The van der Waals surface area contributed by atoms with E-state index in [2.05, 4.69) is 28.2 Å². The highest BCUT2D eigenvalue weighted by Gasteiger charge is 2.34. The Morgan fingerprint density at radius 3 is 3.00 bits per heavy atom. The van der Waals surface area contributed by atoms with Gasteiger partial charge in [-0.25, -0.2) is 8.42 Å². The highest BCUT2D eigenvalue weighted by atomic mass is 79.9. The van der Waals surface area contributed by atoms with Crippen LogP contribution in [0.25, 0.3) is 0 Å². The largest absolute Gasteiger partial charge is 0.452 e. The van der Waals surface area contributed by atoms with Crippen LogP contribution >= 0.6 is 27.7 Å². The first kappa shape index (κ1) is 17.3. The van der Waals surface area contributed by atoms with Crippen LogP contribution in [0, 0.1) is 0 Å². The van der Waals surface area contributed by atoms with Crippen molar-refractivity contribution in [3.63, 3.8) is 0 Å². The normalized spacial score (nSPS) is 20.8. The molecule has 0 aliphatic carbocycles. The Balaban J connectivity index is 2.19. The molecule has 0 amide bonds. The van der Waals surface area contributed by atoms with Crippen LogP contribution in [0.2, 0.25) is 0 Å². The number of hydrogen-bond acceptors (Lipinski definition) is 5. The van der Waals surface area contributed by atoms with Gasteiger partial charge in [-0.2, -0.15) is 16.1 Å². The Kier molecular flexibility index (Phi) is 6.19. The summed E-state index contributed by atoms with van der Waals surface area (Å²) in [4.78, 5) is 0.231. The fraction of sp³-hybridized carbons (Fsp3) is 0.692. The van der Waals surface area contributed by atoms with E-state index in [4.69, 9.17) is 4.42 Å². The van der Waals surface area contributed by atoms with Crippen LogP contribution in [0.4, 0.5) is 0 Å². The first-order chi connectivity index (χ1) is 9.96. The highest BCUT2D eigenvalue weighted by Crippen LogP contribution is 2.31. The molecular formula is C13H21BrN2O3S2. The van der Waals surface area contributed by atoms with Crippen molar-refractivity contribution in [2.75, 3.05) is 24.6 Å². The summed E-state index contributed by atoms with van der Waals surface area (Å²) < 4.78 is 32.9. The molecule has 0 aromatic carbocycles. The van der Waals surface area contributed by atoms with E-state index in [1.807, 2.05) is 6.92 Å². The third kappa shape index (κ3) is 4.04. The average molecular weight is 397 g/mol. The molecule has 1 N–H and O–H groups in total. The van der Waals surface area contributed by atoms with Crippen LogP contribution in [0.15, 0.2) is 20.0 Å². The number of rotatable bonds is 6. The molecule has 1 atom stereocenters. The van der Waals surface area contributed by atoms with Gasteiger partial charge >= 0.3 is 0 Å². The van der Waals surface area contributed by atoms with Gasteiger partial charge < -0.3 is 9.73 Å². The average Bonchev–Trinajstić information content (AvgIpc) is 2.81. The minimum absolute atomic E-state index is 0.0113. The summed E-state index contributed by atoms with van der Waals surface area (Å²) in [5, 5.41) is 3.21. The number of nitrogens with zero attached hydrogens (tertiary/aromatic N) is 1. The van der Waals surface area contributed by atoms with Crippen molar-refractivity contribution in [3.8, 4) is 0 Å². The van der Waals surface area contributed by atoms with E-state index in [1.54, 1.807) is 22.1 Å². The van der Waals surface area contributed by atoms with Crippen LogP contribution in [0.5, 0.6) is 0 Å². The molecule has 2 heterocycles. The van der Waals surface area contributed by atoms with Crippen molar-refractivity contribution < 1.29 is 12.8 Å². The second-order valence-corrected chi connectivity index (χ2v) is 8.80. The topological polar surface area (TPSA) is 62.6 Å². The van der Waals surface area contributed by atoms with Crippen LogP contribution in [-0.2, 0) is 16.6 Å².